The van der Waals surface area contributed by atoms with Crippen LogP contribution in [0.2, 0.25) is 5.02 Å². The number of alkyl halides is 2. The zero-order valence-electron chi connectivity index (χ0n) is 15.1. The third kappa shape index (κ3) is 4.10. The highest BCUT2D eigenvalue weighted by Crippen LogP contribution is 2.47. The molecule has 1 fully saturated rings. The molecule has 0 spiro atoms. The Morgan fingerprint density at radius 1 is 1.36 bits per heavy atom. The quantitative estimate of drug-likeness (QED) is 0.480. The summed E-state index contributed by atoms with van der Waals surface area (Å²) < 4.78 is 51.4. The maximum atomic E-state index is 13.1. The molecule has 28 heavy (non-hydrogen) atoms. The minimum absolute atomic E-state index is 0.162. The Balaban J connectivity index is 1.74. The zero-order chi connectivity index (χ0) is 20.7. The highest BCUT2D eigenvalue weighted by atomic mass is 35.5. The molecule has 154 valence electrons. The summed E-state index contributed by atoms with van der Waals surface area (Å²) in [6, 6.07) is 1.84. The van der Waals surface area contributed by atoms with E-state index in [1.165, 1.54) is 17.7 Å². The van der Waals surface area contributed by atoms with Gasteiger partial charge in [0.2, 0.25) is 0 Å². The molecule has 1 aromatic carbocycles. The van der Waals surface area contributed by atoms with Gasteiger partial charge in [0, 0.05) is 19.4 Å². The number of allylic oxidation sites excluding steroid dienone is 1. The van der Waals surface area contributed by atoms with Crippen LogP contribution in [0.5, 0.6) is 5.75 Å². The Bertz CT molecular complexity index is 926. The molecule has 0 aromatic heterocycles. The summed E-state index contributed by atoms with van der Waals surface area (Å²) in [6.45, 7) is 2.40. The largest absolute Gasteiger partial charge is 0.504 e. The number of urea groups is 1. The topological polar surface area (TPSA) is 95.5 Å². The lowest BCUT2D eigenvalue weighted by Crippen LogP contribution is -2.44. The Morgan fingerprint density at radius 3 is 2.61 bits per heavy atom. The summed E-state index contributed by atoms with van der Waals surface area (Å²) >= 11 is 5.92. The molecule has 0 saturated heterocycles. The van der Waals surface area contributed by atoms with Gasteiger partial charge in [-0.3, -0.25) is 0 Å². The molecule has 1 unspecified atom stereocenters. The predicted octanol–water partition coefficient (Wildman–Crippen LogP) is 4.09. The number of hydrogen-bond acceptors (Lipinski definition) is 4. The van der Waals surface area contributed by atoms with Gasteiger partial charge in [-0.05, 0) is 37.8 Å². The molecule has 1 aromatic rings. The van der Waals surface area contributed by atoms with E-state index in [0.717, 1.165) is 12.8 Å². The maximum Gasteiger partial charge on any atom is 0.319 e. The van der Waals surface area contributed by atoms with Crippen LogP contribution in [0.3, 0.4) is 0 Å². The Labute approximate surface area is 166 Å². The second-order valence-corrected chi connectivity index (χ2v) is 9.83. The van der Waals surface area contributed by atoms with Crippen molar-refractivity contribution >= 4 is 33.2 Å². The van der Waals surface area contributed by atoms with Crippen molar-refractivity contribution in [2.24, 2.45) is 5.92 Å². The van der Waals surface area contributed by atoms with E-state index in [1.807, 2.05) is 6.92 Å². The third-order valence-electron chi connectivity index (χ3n) is 5.24. The van der Waals surface area contributed by atoms with Crippen molar-refractivity contribution in [1.82, 2.24) is 5.32 Å². The van der Waals surface area contributed by atoms with Crippen molar-refractivity contribution in [3.05, 3.63) is 28.8 Å². The molecule has 0 bridgehead atoms. The first-order valence-electron chi connectivity index (χ1n) is 8.86. The highest BCUT2D eigenvalue weighted by Gasteiger charge is 2.52. The smallest absolute Gasteiger partial charge is 0.319 e. The van der Waals surface area contributed by atoms with Crippen molar-refractivity contribution in [1.29, 1.82) is 0 Å². The molecule has 3 N–H and O–H groups in total. The second-order valence-electron chi connectivity index (χ2n) is 7.26. The van der Waals surface area contributed by atoms with Gasteiger partial charge in [0.25, 0.3) is 5.92 Å². The molecule has 0 aliphatic heterocycles. The number of anilines is 1. The van der Waals surface area contributed by atoms with E-state index in [-0.39, 0.29) is 16.6 Å². The standard InChI is InChI=1S/C18H21ClF2N2O4S/c1-10-3-2-4-11(10)9-22-17(25)23-14-6-5-13(19)16(15(14)24)28(26,27)12-7-18(20,21)8-12/h3,5-6,11-12,24H,2,4,7-9H2,1H3,(H2,22,23,25). The van der Waals surface area contributed by atoms with Gasteiger partial charge in [-0.15, -0.1) is 0 Å². The summed E-state index contributed by atoms with van der Waals surface area (Å²) in [5.41, 5.74) is 1.03. The third-order valence-corrected chi connectivity index (χ3v) is 7.86. The number of benzene rings is 1. The van der Waals surface area contributed by atoms with E-state index in [1.54, 1.807) is 0 Å². The van der Waals surface area contributed by atoms with Crippen LogP contribution in [0.4, 0.5) is 19.3 Å². The number of carbonyl (C=O) groups excluding carboxylic acids is 1. The molecule has 2 aliphatic carbocycles. The van der Waals surface area contributed by atoms with Crippen LogP contribution in [0.1, 0.15) is 32.6 Å². The van der Waals surface area contributed by atoms with Crippen molar-refractivity contribution < 1.29 is 27.1 Å². The molecule has 2 amide bonds. The van der Waals surface area contributed by atoms with Crippen molar-refractivity contribution in [2.45, 2.75) is 48.7 Å². The maximum absolute atomic E-state index is 13.1. The van der Waals surface area contributed by atoms with Gasteiger partial charge in [-0.1, -0.05) is 23.3 Å². The van der Waals surface area contributed by atoms with Crippen LogP contribution in [0, 0.1) is 5.92 Å². The Morgan fingerprint density at radius 2 is 2.04 bits per heavy atom. The number of hydrogen-bond donors (Lipinski definition) is 3. The monoisotopic (exact) mass is 434 g/mol. The first-order valence-corrected chi connectivity index (χ1v) is 10.8. The van der Waals surface area contributed by atoms with Crippen LogP contribution >= 0.6 is 11.6 Å². The van der Waals surface area contributed by atoms with Crippen molar-refractivity contribution in [3.8, 4) is 5.75 Å². The number of rotatable bonds is 5. The molecule has 0 heterocycles. The van der Waals surface area contributed by atoms with Gasteiger partial charge in [0.1, 0.15) is 4.90 Å². The average Bonchev–Trinajstić information content (AvgIpc) is 2.98. The van der Waals surface area contributed by atoms with Crippen LogP contribution < -0.4 is 10.6 Å². The second kappa shape index (κ2) is 7.51. The molecule has 6 nitrogen and oxygen atoms in total. The van der Waals surface area contributed by atoms with Gasteiger partial charge >= 0.3 is 6.03 Å². The van der Waals surface area contributed by atoms with E-state index >= 15 is 0 Å². The first-order chi connectivity index (χ1) is 13.0. The molecular weight excluding hydrogens is 414 g/mol. The summed E-state index contributed by atoms with van der Waals surface area (Å²) in [7, 11) is -4.27. The minimum Gasteiger partial charge on any atom is -0.504 e. The summed E-state index contributed by atoms with van der Waals surface area (Å²) in [5.74, 6) is -3.56. The summed E-state index contributed by atoms with van der Waals surface area (Å²) in [4.78, 5) is 11.5. The van der Waals surface area contributed by atoms with Gasteiger partial charge in [0.15, 0.2) is 15.6 Å². The number of phenolic OH excluding ortho intramolecular Hbond substituents is 1. The normalized spacial score (nSPS) is 21.7. The highest BCUT2D eigenvalue weighted by molar-refractivity contribution is 7.92. The summed E-state index contributed by atoms with van der Waals surface area (Å²) in [5, 5.41) is 13.8. The fourth-order valence-corrected chi connectivity index (χ4v) is 5.92. The number of carbonyl (C=O) groups is 1. The molecule has 1 saturated carbocycles. The zero-order valence-corrected chi connectivity index (χ0v) is 16.7. The van der Waals surface area contributed by atoms with Gasteiger partial charge in [-0.25, -0.2) is 22.0 Å². The summed E-state index contributed by atoms with van der Waals surface area (Å²) in [6.07, 6.45) is 2.36. The first kappa shape index (κ1) is 20.9. The van der Waals surface area contributed by atoms with E-state index < -0.39 is 50.5 Å². The van der Waals surface area contributed by atoms with Gasteiger partial charge in [-0.2, -0.15) is 0 Å². The van der Waals surface area contributed by atoms with Gasteiger partial charge < -0.3 is 15.7 Å². The Kier molecular flexibility index (Phi) is 5.60. The fourth-order valence-electron chi connectivity index (χ4n) is 3.46. The lowest BCUT2D eigenvalue weighted by atomic mass is 9.94. The average molecular weight is 435 g/mol. The number of sulfone groups is 1. The van der Waals surface area contributed by atoms with Crippen molar-refractivity contribution in [3.63, 3.8) is 0 Å². The van der Waals surface area contributed by atoms with Gasteiger partial charge in [0.05, 0.1) is 16.0 Å². The minimum atomic E-state index is -4.27. The van der Waals surface area contributed by atoms with E-state index in [4.69, 9.17) is 11.6 Å². The number of aromatic hydroxyl groups is 1. The van der Waals surface area contributed by atoms with E-state index in [0.29, 0.717) is 6.54 Å². The predicted molar refractivity (Wildman–Crippen MR) is 102 cm³/mol. The molecular formula is C18H21ClF2N2O4S. The lowest BCUT2D eigenvalue weighted by molar-refractivity contribution is -0.0686. The molecule has 3 rings (SSSR count). The molecule has 10 heteroatoms. The van der Waals surface area contributed by atoms with Crippen LogP contribution in [0.25, 0.3) is 0 Å². The number of amides is 2. The number of phenols is 1. The van der Waals surface area contributed by atoms with Crippen LogP contribution in [-0.4, -0.2) is 37.3 Å². The number of nitrogens with one attached hydrogen (secondary N) is 2. The SMILES string of the molecule is CC1=CCCC1CNC(=O)Nc1ccc(Cl)c(S(=O)(=O)C2CC(F)(F)C2)c1O. The lowest BCUT2D eigenvalue weighted by Gasteiger charge is -2.34. The van der Waals surface area contributed by atoms with E-state index in [9.17, 15) is 27.1 Å². The van der Waals surface area contributed by atoms with Crippen molar-refractivity contribution in [2.75, 3.05) is 11.9 Å². The molecule has 1 atom stereocenters. The number of halogens is 3. The molecule has 0 radical (unpaired) electrons. The van der Waals surface area contributed by atoms with Crippen LogP contribution in [-0.2, 0) is 9.84 Å². The Hall–Kier alpha value is -1.87. The molecule has 2 aliphatic rings. The van der Waals surface area contributed by atoms with Crippen LogP contribution in [0.15, 0.2) is 28.7 Å². The van der Waals surface area contributed by atoms with E-state index in [2.05, 4.69) is 16.7 Å². The fraction of sp³-hybridized carbons (Fsp3) is 0.500.